The van der Waals surface area contributed by atoms with Crippen molar-refractivity contribution >= 4 is 35.1 Å². The first-order chi connectivity index (χ1) is 15.3. The fourth-order valence-corrected chi connectivity index (χ4v) is 3.73. The van der Waals surface area contributed by atoms with E-state index in [-0.39, 0.29) is 18.1 Å². The molecule has 3 aromatic carbocycles. The van der Waals surface area contributed by atoms with Gasteiger partial charge >= 0.3 is 11.9 Å². The highest BCUT2D eigenvalue weighted by molar-refractivity contribution is 6.36. The Morgan fingerprint density at radius 1 is 1.00 bits per heavy atom. The third-order valence-electron chi connectivity index (χ3n) is 4.60. The molecule has 0 aliphatic heterocycles. The SMILES string of the molecule is CCOC(=O)c1cccc(-c2cc(Cc3c(Cl)cc(OCC(=O)O)cc3Cl)ccc2O)c1. The molecular formula is C24H20Cl2O6. The summed E-state index contributed by atoms with van der Waals surface area (Å²) >= 11 is 12.7. The molecule has 0 saturated heterocycles. The van der Waals surface area contributed by atoms with Crippen LogP contribution in [0.1, 0.15) is 28.4 Å². The number of carboxylic acids is 1. The van der Waals surface area contributed by atoms with Crippen LogP contribution in [-0.4, -0.2) is 35.4 Å². The molecule has 0 aliphatic carbocycles. The van der Waals surface area contributed by atoms with E-state index in [0.717, 1.165) is 5.56 Å². The van der Waals surface area contributed by atoms with Gasteiger partial charge in [-0.25, -0.2) is 9.59 Å². The number of aromatic hydroxyl groups is 1. The number of carbonyl (C=O) groups is 2. The zero-order valence-electron chi connectivity index (χ0n) is 17.1. The van der Waals surface area contributed by atoms with Gasteiger partial charge in [0.15, 0.2) is 6.61 Å². The van der Waals surface area contributed by atoms with Crippen molar-refractivity contribution in [3.63, 3.8) is 0 Å². The normalized spacial score (nSPS) is 10.6. The molecule has 0 fully saturated rings. The maximum atomic E-state index is 12.1. The van der Waals surface area contributed by atoms with Gasteiger partial charge in [-0.15, -0.1) is 0 Å². The quantitative estimate of drug-likeness (QED) is 0.412. The van der Waals surface area contributed by atoms with E-state index in [1.165, 1.54) is 12.1 Å². The van der Waals surface area contributed by atoms with Gasteiger partial charge < -0.3 is 19.7 Å². The number of carboxylic acid groups (broad SMARTS) is 1. The Morgan fingerprint density at radius 3 is 2.38 bits per heavy atom. The van der Waals surface area contributed by atoms with Gasteiger partial charge in [-0.3, -0.25) is 0 Å². The van der Waals surface area contributed by atoms with Gasteiger partial charge in [-0.2, -0.15) is 0 Å². The van der Waals surface area contributed by atoms with Crippen LogP contribution >= 0.6 is 23.2 Å². The molecule has 3 rings (SSSR count). The second-order valence-electron chi connectivity index (χ2n) is 6.88. The van der Waals surface area contributed by atoms with Crippen molar-refractivity contribution in [2.24, 2.45) is 0 Å². The Hall–Kier alpha value is -3.22. The van der Waals surface area contributed by atoms with E-state index in [1.807, 2.05) is 0 Å². The number of carbonyl (C=O) groups excluding carboxylic acids is 1. The molecule has 6 nitrogen and oxygen atoms in total. The van der Waals surface area contributed by atoms with E-state index in [1.54, 1.807) is 49.4 Å². The molecule has 0 saturated carbocycles. The number of phenols is 1. The Kier molecular flexibility index (Phi) is 7.62. The average Bonchev–Trinajstić information content (AvgIpc) is 2.76. The maximum Gasteiger partial charge on any atom is 0.341 e. The van der Waals surface area contributed by atoms with Crippen LogP contribution in [0, 0.1) is 0 Å². The molecule has 2 N–H and O–H groups in total. The van der Waals surface area contributed by atoms with Crippen LogP contribution in [0.15, 0.2) is 54.6 Å². The Labute approximate surface area is 194 Å². The van der Waals surface area contributed by atoms with Gasteiger partial charge in [-0.1, -0.05) is 41.4 Å². The van der Waals surface area contributed by atoms with Gasteiger partial charge in [0.1, 0.15) is 11.5 Å². The van der Waals surface area contributed by atoms with Crippen LogP contribution in [0.3, 0.4) is 0 Å². The summed E-state index contributed by atoms with van der Waals surface area (Å²) in [5.41, 5.74) is 3.04. The zero-order valence-corrected chi connectivity index (χ0v) is 18.6. The summed E-state index contributed by atoms with van der Waals surface area (Å²) in [6.07, 6.45) is 0.363. The Bertz CT molecular complexity index is 1140. The molecule has 0 spiro atoms. The number of hydrogen-bond donors (Lipinski definition) is 2. The lowest BCUT2D eigenvalue weighted by molar-refractivity contribution is -0.139. The number of aliphatic carboxylic acids is 1. The van der Waals surface area contributed by atoms with Crippen molar-refractivity contribution in [3.8, 4) is 22.6 Å². The molecule has 0 atom stereocenters. The highest BCUT2D eigenvalue weighted by Crippen LogP contribution is 2.35. The van der Waals surface area contributed by atoms with E-state index in [4.69, 9.17) is 37.8 Å². The predicted molar refractivity (Wildman–Crippen MR) is 122 cm³/mol. The fourth-order valence-electron chi connectivity index (χ4n) is 3.13. The summed E-state index contributed by atoms with van der Waals surface area (Å²) in [5.74, 6) is -1.23. The van der Waals surface area contributed by atoms with E-state index in [0.29, 0.717) is 38.7 Å². The van der Waals surface area contributed by atoms with Crippen LogP contribution in [-0.2, 0) is 16.0 Å². The Balaban J connectivity index is 1.89. The molecule has 0 amide bonds. The lowest BCUT2D eigenvalue weighted by Gasteiger charge is -2.13. The topological polar surface area (TPSA) is 93.1 Å². The third-order valence-corrected chi connectivity index (χ3v) is 5.28. The smallest absolute Gasteiger partial charge is 0.341 e. The van der Waals surface area contributed by atoms with Crippen LogP contribution in [0.5, 0.6) is 11.5 Å². The number of halogens is 2. The molecule has 0 heterocycles. The van der Waals surface area contributed by atoms with Crippen LogP contribution in [0.2, 0.25) is 10.0 Å². The fraction of sp³-hybridized carbons (Fsp3) is 0.167. The highest BCUT2D eigenvalue weighted by atomic mass is 35.5. The van der Waals surface area contributed by atoms with Crippen LogP contribution in [0.25, 0.3) is 11.1 Å². The predicted octanol–water partition coefficient (Wildman–Crippen LogP) is 5.60. The van der Waals surface area contributed by atoms with Crippen molar-refractivity contribution in [1.29, 1.82) is 0 Å². The van der Waals surface area contributed by atoms with Gasteiger partial charge in [0.2, 0.25) is 0 Å². The summed E-state index contributed by atoms with van der Waals surface area (Å²) in [7, 11) is 0. The van der Waals surface area contributed by atoms with Crippen LogP contribution in [0.4, 0.5) is 0 Å². The number of benzene rings is 3. The van der Waals surface area contributed by atoms with E-state index >= 15 is 0 Å². The van der Waals surface area contributed by atoms with Crippen molar-refractivity contribution in [3.05, 3.63) is 81.3 Å². The molecule has 32 heavy (non-hydrogen) atoms. The summed E-state index contributed by atoms with van der Waals surface area (Å²) in [5, 5.41) is 19.8. The summed E-state index contributed by atoms with van der Waals surface area (Å²) in [6.45, 7) is 1.50. The zero-order chi connectivity index (χ0) is 23.3. The van der Waals surface area contributed by atoms with Gasteiger partial charge in [0, 0.05) is 22.0 Å². The molecule has 0 aromatic heterocycles. The largest absolute Gasteiger partial charge is 0.507 e. The second kappa shape index (κ2) is 10.4. The molecule has 166 valence electrons. The number of ether oxygens (including phenoxy) is 2. The minimum absolute atomic E-state index is 0.0596. The number of rotatable bonds is 8. The minimum Gasteiger partial charge on any atom is -0.507 e. The maximum absolute atomic E-state index is 12.1. The van der Waals surface area contributed by atoms with E-state index in [2.05, 4.69) is 0 Å². The van der Waals surface area contributed by atoms with E-state index in [9.17, 15) is 14.7 Å². The second-order valence-corrected chi connectivity index (χ2v) is 7.69. The first kappa shape index (κ1) is 23.4. The minimum atomic E-state index is -1.11. The molecule has 0 radical (unpaired) electrons. The first-order valence-electron chi connectivity index (χ1n) is 9.70. The lowest BCUT2D eigenvalue weighted by atomic mass is 9.97. The molecule has 3 aromatic rings. The number of hydrogen-bond acceptors (Lipinski definition) is 5. The molecule has 0 unspecified atom stereocenters. The van der Waals surface area contributed by atoms with Crippen LogP contribution < -0.4 is 4.74 Å². The summed E-state index contributed by atoms with van der Waals surface area (Å²) in [4.78, 5) is 22.7. The molecule has 0 bridgehead atoms. The van der Waals surface area contributed by atoms with Gasteiger partial charge in [0.25, 0.3) is 0 Å². The molecule has 0 aliphatic rings. The average molecular weight is 475 g/mol. The van der Waals surface area contributed by atoms with Crippen molar-refractivity contribution in [2.75, 3.05) is 13.2 Å². The molecule has 8 heteroatoms. The molecular weight excluding hydrogens is 455 g/mol. The van der Waals surface area contributed by atoms with Gasteiger partial charge in [-0.05, 0) is 60.0 Å². The van der Waals surface area contributed by atoms with E-state index < -0.39 is 18.5 Å². The lowest BCUT2D eigenvalue weighted by Crippen LogP contribution is -2.09. The van der Waals surface area contributed by atoms with Crippen molar-refractivity contribution in [1.82, 2.24) is 0 Å². The van der Waals surface area contributed by atoms with Crippen molar-refractivity contribution < 1.29 is 29.3 Å². The number of esters is 1. The highest BCUT2D eigenvalue weighted by Gasteiger charge is 2.14. The van der Waals surface area contributed by atoms with Gasteiger partial charge in [0.05, 0.1) is 12.2 Å². The standard InChI is InChI=1S/C24H20Cl2O6/c1-2-31-24(30)16-5-3-4-15(10-16)18-8-14(6-7-22(18)27)9-19-20(25)11-17(12-21(19)26)32-13-23(28)29/h3-8,10-12,27H,2,9,13H2,1H3,(H,28,29). The Morgan fingerprint density at radius 2 is 1.72 bits per heavy atom. The summed E-state index contributed by atoms with van der Waals surface area (Å²) < 4.78 is 10.2. The number of phenolic OH excluding ortho intramolecular Hbond substituents is 1. The van der Waals surface area contributed by atoms with Crippen molar-refractivity contribution in [2.45, 2.75) is 13.3 Å². The third kappa shape index (κ3) is 5.72. The monoisotopic (exact) mass is 474 g/mol. The first-order valence-corrected chi connectivity index (χ1v) is 10.5. The summed E-state index contributed by atoms with van der Waals surface area (Å²) in [6, 6.07) is 14.9.